The fourth-order valence-electron chi connectivity index (χ4n) is 2.98. The molecule has 0 aliphatic heterocycles. The van der Waals surface area contributed by atoms with E-state index in [0.717, 1.165) is 31.6 Å². The molecule has 0 heterocycles. The summed E-state index contributed by atoms with van der Waals surface area (Å²) < 4.78 is 10.6. The number of ether oxygens (including phenoxy) is 2. The molecule has 118 valence electrons. The van der Waals surface area contributed by atoms with Gasteiger partial charge in [-0.25, -0.2) is 0 Å². The van der Waals surface area contributed by atoms with E-state index in [-0.39, 0.29) is 11.9 Å². The molecule has 0 unspecified atom stereocenters. The van der Waals surface area contributed by atoms with Crippen molar-refractivity contribution < 1.29 is 14.3 Å². The minimum absolute atomic E-state index is 0.0509. The van der Waals surface area contributed by atoms with E-state index in [4.69, 9.17) is 9.47 Å². The summed E-state index contributed by atoms with van der Waals surface area (Å²) in [5.41, 5.74) is 0. The van der Waals surface area contributed by atoms with Gasteiger partial charge in [-0.1, -0.05) is 25.7 Å². The maximum Gasteiger partial charge on any atom is 0.314 e. The quantitative estimate of drug-likeness (QED) is 0.454. The van der Waals surface area contributed by atoms with Gasteiger partial charge >= 0.3 is 5.97 Å². The Hall–Kier alpha value is -1.95. The van der Waals surface area contributed by atoms with Crippen LogP contribution in [0.25, 0.3) is 0 Å². The highest BCUT2D eigenvalue weighted by Crippen LogP contribution is 2.32. The number of hydrogen-bond donors (Lipinski definition) is 0. The van der Waals surface area contributed by atoms with Gasteiger partial charge in [0.05, 0.1) is 5.92 Å². The van der Waals surface area contributed by atoms with E-state index in [1.165, 1.54) is 12.8 Å². The summed E-state index contributed by atoms with van der Waals surface area (Å²) in [5, 5.41) is 0. The van der Waals surface area contributed by atoms with E-state index in [0.29, 0.717) is 11.5 Å². The predicted molar refractivity (Wildman–Crippen MR) is 86.5 cm³/mol. The van der Waals surface area contributed by atoms with Crippen LogP contribution in [0.1, 0.15) is 52.4 Å². The Morgan fingerprint density at radius 1 is 1.14 bits per heavy atom. The highest BCUT2D eigenvalue weighted by Gasteiger charge is 2.27. The second kappa shape index (κ2) is 8.48. The number of hydrogen-bond acceptors (Lipinski definition) is 3. The Morgan fingerprint density at radius 3 is 2.36 bits per heavy atom. The number of rotatable bonds is 5. The van der Waals surface area contributed by atoms with E-state index in [2.05, 4.69) is 19.0 Å². The standard InChI is InChI=1S/C19H24O3/c1-3-5-15-6-8-16(9-7-15)19(20)22-18-12-10-17(11-13-18)21-14-4-2/h10-13,15-16H,3,5-9H2,1-2H3/t15-,16-. The SMILES string of the molecule is CC#COc1ccc(OC(=O)[C@H]2CC[C@H](CCC)CC2)cc1. The van der Waals surface area contributed by atoms with Gasteiger partial charge in [0.2, 0.25) is 0 Å². The van der Waals surface area contributed by atoms with Crippen molar-refractivity contribution >= 4 is 5.97 Å². The van der Waals surface area contributed by atoms with Gasteiger partial charge in [0, 0.05) is 6.92 Å². The summed E-state index contributed by atoms with van der Waals surface area (Å²) >= 11 is 0. The van der Waals surface area contributed by atoms with Crippen LogP contribution in [0, 0.1) is 23.9 Å². The zero-order chi connectivity index (χ0) is 15.8. The molecule has 3 heteroatoms. The first-order valence-electron chi connectivity index (χ1n) is 8.13. The number of benzene rings is 1. The van der Waals surface area contributed by atoms with Gasteiger partial charge in [-0.05, 0) is 55.9 Å². The van der Waals surface area contributed by atoms with Crippen molar-refractivity contribution in [2.75, 3.05) is 0 Å². The van der Waals surface area contributed by atoms with Crippen molar-refractivity contribution in [3.8, 4) is 23.5 Å². The Labute approximate surface area is 133 Å². The molecule has 3 nitrogen and oxygen atoms in total. The van der Waals surface area contributed by atoms with E-state index >= 15 is 0 Å². The van der Waals surface area contributed by atoms with Crippen LogP contribution in [0.15, 0.2) is 24.3 Å². The molecule has 1 aliphatic rings. The lowest BCUT2D eigenvalue weighted by atomic mass is 9.80. The Kier molecular flexibility index (Phi) is 6.33. The minimum Gasteiger partial charge on any atom is -0.426 e. The van der Waals surface area contributed by atoms with Gasteiger partial charge in [0.1, 0.15) is 17.6 Å². The number of esters is 1. The van der Waals surface area contributed by atoms with Crippen LogP contribution in [-0.2, 0) is 4.79 Å². The molecule has 0 bridgehead atoms. The summed E-state index contributed by atoms with van der Waals surface area (Å²) in [6.45, 7) is 3.94. The molecular formula is C19H24O3. The molecule has 1 aromatic carbocycles. The lowest BCUT2D eigenvalue weighted by molar-refractivity contribution is -0.140. The molecular weight excluding hydrogens is 276 g/mol. The molecule has 2 rings (SSSR count). The maximum atomic E-state index is 12.2. The van der Waals surface area contributed by atoms with Crippen molar-refractivity contribution in [3.63, 3.8) is 0 Å². The molecule has 22 heavy (non-hydrogen) atoms. The third-order valence-electron chi connectivity index (χ3n) is 4.19. The fourth-order valence-corrected chi connectivity index (χ4v) is 2.98. The number of carbonyl (C=O) groups is 1. The highest BCUT2D eigenvalue weighted by atomic mass is 16.5. The first kappa shape index (κ1) is 16.4. The van der Waals surface area contributed by atoms with Gasteiger partial charge < -0.3 is 9.47 Å². The van der Waals surface area contributed by atoms with Gasteiger partial charge in [-0.15, -0.1) is 0 Å². The lowest BCUT2D eigenvalue weighted by Gasteiger charge is -2.26. The van der Waals surface area contributed by atoms with Gasteiger partial charge in [-0.2, -0.15) is 0 Å². The van der Waals surface area contributed by atoms with Crippen LogP contribution in [0.2, 0.25) is 0 Å². The second-order valence-corrected chi connectivity index (χ2v) is 5.85. The molecule has 1 saturated carbocycles. The largest absolute Gasteiger partial charge is 0.426 e. The van der Waals surface area contributed by atoms with Crippen LogP contribution in [-0.4, -0.2) is 5.97 Å². The van der Waals surface area contributed by atoms with E-state index in [1.807, 2.05) is 0 Å². The maximum absolute atomic E-state index is 12.2. The van der Waals surface area contributed by atoms with Crippen LogP contribution in [0.4, 0.5) is 0 Å². The predicted octanol–water partition coefficient (Wildman–Crippen LogP) is 4.56. The molecule has 0 N–H and O–H groups in total. The van der Waals surface area contributed by atoms with Gasteiger partial charge in [0.15, 0.2) is 0 Å². The molecule has 1 fully saturated rings. The topological polar surface area (TPSA) is 35.5 Å². The van der Waals surface area contributed by atoms with Crippen LogP contribution in [0.3, 0.4) is 0 Å². The highest BCUT2D eigenvalue weighted by molar-refractivity contribution is 5.75. The Morgan fingerprint density at radius 2 is 1.77 bits per heavy atom. The summed E-state index contributed by atoms with van der Waals surface area (Å²) in [5.74, 6) is 4.62. The average Bonchev–Trinajstić information content (AvgIpc) is 2.55. The Bertz CT molecular complexity index is 528. The smallest absolute Gasteiger partial charge is 0.314 e. The van der Waals surface area contributed by atoms with E-state index in [9.17, 15) is 4.79 Å². The van der Waals surface area contributed by atoms with Crippen molar-refractivity contribution in [3.05, 3.63) is 24.3 Å². The minimum atomic E-state index is -0.100. The summed E-state index contributed by atoms with van der Waals surface area (Å²) in [7, 11) is 0. The molecule has 1 aromatic rings. The summed E-state index contributed by atoms with van der Waals surface area (Å²) in [4.78, 5) is 12.2. The van der Waals surface area contributed by atoms with Crippen molar-refractivity contribution in [2.24, 2.45) is 11.8 Å². The third-order valence-corrected chi connectivity index (χ3v) is 4.19. The Balaban J connectivity index is 1.83. The molecule has 0 spiro atoms. The van der Waals surface area contributed by atoms with Crippen LogP contribution in [0.5, 0.6) is 11.5 Å². The molecule has 0 saturated heterocycles. The van der Waals surface area contributed by atoms with Gasteiger partial charge in [0.25, 0.3) is 0 Å². The van der Waals surface area contributed by atoms with E-state index < -0.39 is 0 Å². The monoisotopic (exact) mass is 300 g/mol. The van der Waals surface area contributed by atoms with Crippen molar-refractivity contribution in [1.29, 1.82) is 0 Å². The van der Waals surface area contributed by atoms with Crippen molar-refractivity contribution in [1.82, 2.24) is 0 Å². The van der Waals surface area contributed by atoms with E-state index in [1.54, 1.807) is 31.2 Å². The van der Waals surface area contributed by atoms with Crippen LogP contribution >= 0.6 is 0 Å². The molecule has 0 amide bonds. The van der Waals surface area contributed by atoms with Crippen LogP contribution < -0.4 is 9.47 Å². The molecule has 0 aromatic heterocycles. The van der Waals surface area contributed by atoms with Crippen molar-refractivity contribution in [2.45, 2.75) is 52.4 Å². The molecule has 0 radical (unpaired) electrons. The average molecular weight is 300 g/mol. The second-order valence-electron chi connectivity index (χ2n) is 5.85. The lowest BCUT2D eigenvalue weighted by Crippen LogP contribution is -2.25. The summed E-state index contributed by atoms with van der Waals surface area (Å²) in [6.07, 6.45) is 9.26. The normalized spacial score (nSPS) is 20.6. The first-order valence-corrected chi connectivity index (χ1v) is 8.13. The molecule has 1 aliphatic carbocycles. The summed E-state index contributed by atoms with van der Waals surface area (Å²) in [6, 6.07) is 7.00. The molecule has 0 atom stereocenters. The third kappa shape index (κ3) is 4.80. The zero-order valence-corrected chi connectivity index (χ0v) is 13.4. The fraction of sp³-hybridized carbons (Fsp3) is 0.526. The zero-order valence-electron chi connectivity index (χ0n) is 13.4. The number of carbonyl (C=O) groups excluding carboxylic acids is 1. The first-order chi connectivity index (χ1) is 10.7. The van der Waals surface area contributed by atoms with Gasteiger partial charge in [-0.3, -0.25) is 4.79 Å².